The van der Waals surface area contributed by atoms with Crippen molar-refractivity contribution in [2.24, 2.45) is 5.41 Å². The molecule has 0 saturated heterocycles. The number of carbonyl (C=O) groups excluding carboxylic acids is 3. The van der Waals surface area contributed by atoms with Crippen molar-refractivity contribution in [2.75, 3.05) is 6.61 Å². The van der Waals surface area contributed by atoms with Crippen molar-refractivity contribution in [1.29, 1.82) is 0 Å². The molecule has 0 amide bonds. The average molecular weight is 499 g/mol. The van der Waals surface area contributed by atoms with Gasteiger partial charge in [0.05, 0.1) is 5.41 Å². The minimum absolute atomic E-state index is 0.231. The molecule has 2 atom stereocenters. The molecule has 8 nitrogen and oxygen atoms in total. The first-order chi connectivity index (χ1) is 16.6. The molecule has 8 heteroatoms. The molecule has 0 aromatic rings. The summed E-state index contributed by atoms with van der Waals surface area (Å²) in [6, 6.07) is 0. The zero-order valence-electron chi connectivity index (χ0n) is 22.1. The highest BCUT2D eigenvalue weighted by Gasteiger charge is 2.43. The van der Waals surface area contributed by atoms with Crippen LogP contribution in [0.15, 0.2) is 11.5 Å². The van der Waals surface area contributed by atoms with Crippen LogP contribution in [0.25, 0.3) is 0 Å². The quantitative estimate of drug-likeness (QED) is 0.130. The minimum Gasteiger partial charge on any atom is -0.505 e. The van der Waals surface area contributed by atoms with Crippen LogP contribution in [0.5, 0.6) is 0 Å². The third kappa shape index (κ3) is 12.3. The van der Waals surface area contributed by atoms with Crippen LogP contribution < -0.4 is 0 Å². The lowest BCUT2D eigenvalue weighted by atomic mass is 9.97. The molecule has 0 aromatic carbocycles. The Hall–Kier alpha value is -2.25. The van der Waals surface area contributed by atoms with Crippen LogP contribution in [0.1, 0.15) is 118 Å². The van der Waals surface area contributed by atoms with E-state index in [1.807, 2.05) is 0 Å². The summed E-state index contributed by atoms with van der Waals surface area (Å²) in [5.74, 6) is -3.88. The number of aliphatic hydroxyl groups is 2. The summed E-state index contributed by atoms with van der Waals surface area (Å²) in [6.45, 7) is 6.76. The first-order valence-electron chi connectivity index (χ1n) is 13.3. The Bertz CT molecular complexity index is 692. The van der Waals surface area contributed by atoms with Gasteiger partial charge in [0, 0.05) is 6.42 Å². The average Bonchev–Trinajstić information content (AvgIpc) is 3.06. The maximum atomic E-state index is 12.3. The van der Waals surface area contributed by atoms with Crippen LogP contribution in [-0.4, -0.2) is 46.9 Å². The summed E-state index contributed by atoms with van der Waals surface area (Å²) in [6.07, 6.45) is 13.3. The molecule has 0 bridgehead atoms. The number of hydrogen-bond donors (Lipinski definition) is 2. The van der Waals surface area contributed by atoms with Crippen molar-refractivity contribution in [3.63, 3.8) is 0 Å². The smallest absolute Gasteiger partial charge is 0.378 e. The summed E-state index contributed by atoms with van der Waals surface area (Å²) in [5.41, 5.74) is -0.860. The van der Waals surface area contributed by atoms with Gasteiger partial charge < -0.3 is 24.4 Å². The zero-order chi connectivity index (χ0) is 26.3. The molecule has 0 spiro atoms. The van der Waals surface area contributed by atoms with Crippen LogP contribution >= 0.6 is 0 Å². The van der Waals surface area contributed by atoms with Gasteiger partial charge in [-0.1, -0.05) is 84.0 Å². The molecule has 1 aliphatic rings. The summed E-state index contributed by atoms with van der Waals surface area (Å²) in [5, 5.41) is 19.5. The predicted molar refractivity (Wildman–Crippen MR) is 133 cm³/mol. The fourth-order valence-electron chi connectivity index (χ4n) is 3.75. The maximum Gasteiger partial charge on any atom is 0.378 e. The Morgan fingerprint density at radius 1 is 0.886 bits per heavy atom. The van der Waals surface area contributed by atoms with Crippen molar-refractivity contribution < 1.29 is 38.8 Å². The number of unbranched alkanes of at least 4 members (excludes halogenated alkanes) is 12. The monoisotopic (exact) mass is 498 g/mol. The Balaban J connectivity index is 2.26. The summed E-state index contributed by atoms with van der Waals surface area (Å²) >= 11 is 0. The normalized spacial score (nSPS) is 16.8. The van der Waals surface area contributed by atoms with Crippen molar-refractivity contribution in [2.45, 2.75) is 130 Å². The van der Waals surface area contributed by atoms with Crippen LogP contribution in [-0.2, 0) is 28.6 Å². The molecule has 0 saturated carbocycles. The number of hydrogen-bond acceptors (Lipinski definition) is 8. The van der Waals surface area contributed by atoms with E-state index in [0.29, 0.717) is 6.42 Å². The van der Waals surface area contributed by atoms with Gasteiger partial charge in [-0.2, -0.15) is 0 Å². The highest BCUT2D eigenvalue weighted by Crippen LogP contribution is 2.26. The lowest BCUT2D eigenvalue weighted by Crippen LogP contribution is -2.40. The highest BCUT2D eigenvalue weighted by atomic mass is 16.6. The topological polar surface area (TPSA) is 119 Å². The maximum absolute atomic E-state index is 12.3. The van der Waals surface area contributed by atoms with E-state index in [4.69, 9.17) is 14.2 Å². The fraction of sp³-hybridized carbons (Fsp3) is 0.815. The molecular formula is C27H46O8. The van der Waals surface area contributed by atoms with Gasteiger partial charge in [0.15, 0.2) is 11.9 Å². The second-order valence-electron chi connectivity index (χ2n) is 10.4. The van der Waals surface area contributed by atoms with E-state index >= 15 is 0 Å². The lowest BCUT2D eigenvalue weighted by molar-refractivity contribution is -0.176. The van der Waals surface area contributed by atoms with Gasteiger partial charge in [0.2, 0.25) is 11.9 Å². The molecule has 0 aromatic heterocycles. The van der Waals surface area contributed by atoms with Gasteiger partial charge in [-0.3, -0.25) is 9.59 Å². The Morgan fingerprint density at radius 2 is 1.37 bits per heavy atom. The standard InChI is InChI=1S/C27H46O8/c1-5-6-7-8-9-10-11-12-13-14-15-16-17-18-21(28)33-19-20(34-26(32)27(2,3)4)24-22(29)23(30)25(31)35-24/h20,24,29-30H,5-19H2,1-4H3/t20-,24+/m0/s1. The molecule has 0 unspecified atom stereocenters. The second-order valence-corrected chi connectivity index (χ2v) is 10.4. The number of ether oxygens (including phenoxy) is 3. The molecule has 202 valence electrons. The van der Waals surface area contributed by atoms with Crippen LogP contribution in [0.2, 0.25) is 0 Å². The summed E-state index contributed by atoms with van der Waals surface area (Å²) < 4.78 is 15.5. The van der Waals surface area contributed by atoms with E-state index in [1.54, 1.807) is 20.8 Å². The highest BCUT2D eigenvalue weighted by molar-refractivity contribution is 5.89. The molecule has 0 radical (unpaired) electrons. The molecular weight excluding hydrogens is 452 g/mol. The Labute approximate surface area is 210 Å². The van der Waals surface area contributed by atoms with Crippen LogP contribution in [0.4, 0.5) is 0 Å². The van der Waals surface area contributed by atoms with Gasteiger partial charge >= 0.3 is 17.9 Å². The lowest BCUT2D eigenvalue weighted by Gasteiger charge is -2.26. The molecule has 0 aliphatic carbocycles. The Morgan fingerprint density at radius 3 is 1.80 bits per heavy atom. The number of esters is 3. The second kappa shape index (κ2) is 16.4. The molecule has 0 fully saturated rings. The van der Waals surface area contributed by atoms with Gasteiger partial charge in [0.25, 0.3) is 0 Å². The summed E-state index contributed by atoms with van der Waals surface area (Å²) in [4.78, 5) is 36.0. The van der Waals surface area contributed by atoms with E-state index < -0.39 is 53.7 Å². The van der Waals surface area contributed by atoms with Crippen molar-refractivity contribution >= 4 is 17.9 Å². The van der Waals surface area contributed by atoms with Crippen LogP contribution in [0, 0.1) is 5.41 Å². The van der Waals surface area contributed by atoms with E-state index in [2.05, 4.69) is 6.92 Å². The van der Waals surface area contributed by atoms with E-state index in [-0.39, 0.29) is 6.42 Å². The molecule has 1 rings (SSSR count). The third-order valence-electron chi connectivity index (χ3n) is 6.04. The summed E-state index contributed by atoms with van der Waals surface area (Å²) in [7, 11) is 0. The molecule has 2 N–H and O–H groups in total. The van der Waals surface area contributed by atoms with Gasteiger partial charge in [-0.15, -0.1) is 0 Å². The third-order valence-corrected chi connectivity index (χ3v) is 6.04. The number of aliphatic hydroxyl groups excluding tert-OH is 2. The SMILES string of the molecule is CCCCCCCCCCCCCCCC(=O)OC[C@H](OC(=O)C(C)(C)C)[C@H]1OC(=O)C(O)=C1O. The van der Waals surface area contributed by atoms with Crippen molar-refractivity contribution in [3.05, 3.63) is 11.5 Å². The van der Waals surface area contributed by atoms with Gasteiger partial charge in [0.1, 0.15) is 6.61 Å². The zero-order valence-corrected chi connectivity index (χ0v) is 22.1. The van der Waals surface area contributed by atoms with E-state index in [9.17, 15) is 24.6 Å². The largest absolute Gasteiger partial charge is 0.505 e. The molecule has 35 heavy (non-hydrogen) atoms. The van der Waals surface area contributed by atoms with E-state index in [0.717, 1.165) is 19.3 Å². The predicted octanol–water partition coefficient (Wildman–Crippen LogP) is 6.22. The Kier molecular flexibility index (Phi) is 14.4. The number of carbonyl (C=O) groups is 3. The molecule has 1 aliphatic heterocycles. The number of rotatable bonds is 18. The van der Waals surface area contributed by atoms with Crippen LogP contribution in [0.3, 0.4) is 0 Å². The van der Waals surface area contributed by atoms with Crippen molar-refractivity contribution in [3.8, 4) is 0 Å². The van der Waals surface area contributed by atoms with E-state index in [1.165, 1.54) is 57.8 Å². The number of cyclic esters (lactones) is 1. The minimum atomic E-state index is -1.42. The van der Waals surface area contributed by atoms with Gasteiger partial charge in [-0.25, -0.2) is 4.79 Å². The van der Waals surface area contributed by atoms with Gasteiger partial charge in [-0.05, 0) is 27.2 Å². The first kappa shape index (κ1) is 30.8. The van der Waals surface area contributed by atoms with Crippen molar-refractivity contribution in [1.82, 2.24) is 0 Å². The first-order valence-corrected chi connectivity index (χ1v) is 13.3. The fourth-order valence-corrected chi connectivity index (χ4v) is 3.75. The molecule has 1 heterocycles.